The summed E-state index contributed by atoms with van der Waals surface area (Å²) in [5.74, 6) is -1.80. The van der Waals surface area contributed by atoms with Gasteiger partial charge in [-0.2, -0.15) is 0 Å². The van der Waals surface area contributed by atoms with Gasteiger partial charge in [0.25, 0.3) is 11.8 Å². The van der Waals surface area contributed by atoms with E-state index in [2.05, 4.69) is 16.0 Å². The molecule has 0 radical (unpaired) electrons. The van der Waals surface area contributed by atoms with Gasteiger partial charge in [-0.05, 0) is 25.8 Å². The Bertz CT molecular complexity index is 1430. The molecule has 12 heteroatoms. The average molecular weight is 594 g/mol. The van der Waals surface area contributed by atoms with Crippen LogP contribution in [-0.2, 0) is 44.2 Å². The van der Waals surface area contributed by atoms with Gasteiger partial charge in [-0.25, -0.2) is 0 Å². The fraction of sp³-hybridized carbons (Fsp3) is 0.419. The summed E-state index contributed by atoms with van der Waals surface area (Å²) in [7, 11) is 1.80. The zero-order valence-electron chi connectivity index (χ0n) is 25.0. The summed E-state index contributed by atoms with van der Waals surface area (Å²) in [6, 6.07) is 10.9. The zero-order chi connectivity index (χ0) is 31.6. The van der Waals surface area contributed by atoms with E-state index in [1.54, 1.807) is 25.5 Å². The number of hydrogen-bond donors (Lipinski definition) is 3. The van der Waals surface area contributed by atoms with E-state index in [1.165, 1.54) is 6.07 Å². The molecule has 1 aromatic carbocycles. The van der Waals surface area contributed by atoms with Crippen molar-refractivity contribution in [2.75, 3.05) is 13.1 Å². The van der Waals surface area contributed by atoms with Crippen LogP contribution in [0.1, 0.15) is 56.5 Å². The van der Waals surface area contributed by atoms with Crippen LogP contribution >= 0.6 is 0 Å². The van der Waals surface area contributed by atoms with E-state index >= 15 is 0 Å². The molecule has 0 aliphatic carbocycles. The van der Waals surface area contributed by atoms with Crippen molar-refractivity contribution in [1.82, 2.24) is 25.4 Å². The minimum absolute atomic E-state index is 0.00645. The molecule has 43 heavy (non-hydrogen) atoms. The van der Waals surface area contributed by atoms with Crippen LogP contribution in [0.2, 0.25) is 0 Å². The molecule has 1 unspecified atom stereocenters. The monoisotopic (exact) mass is 593 g/mol. The maximum Gasteiger partial charge on any atom is 0.253 e. The number of carbonyl (C=O) groups is 5. The lowest BCUT2D eigenvalue weighted by atomic mass is 9.93. The highest BCUT2D eigenvalue weighted by atomic mass is 16.5. The zero-order valence-corrected chi connectivity index (χ0v) is 25.0. The van der Waals surface area contributed by atoms with Gasteiger partial charge in [0, 0.05) is 68.9 Å². The molecule has 0 saturated heterocycles. The number of nitrogens with zero attached hydrogens (tertiary/aromatic N) is 2. The quantitative estimate of drug-likeness (QED) is 0.264. The Morgan fingerprint density at radius 3 is 2.26 bits per heavy atom. The van der Waals surface area contributed by atoms with Crippen molar-refractivity contribution in [2.45, 2.75) is 65.1 Å². The number of nitrogens with one attached hydrogen (secondary N) is 3. The summed E-state index contributed by atoms with van der Waals surface area (Å²) in [4.78, 5) is 74.5. The number of aromatic nitrogens is 1. The molecule has 0 spiro atoms. The fourth-order valence-electron chi connectivity index (χ4n) is 4.47. The summed E-state index contributed by atoms with van der Waals surface area (Å²) in [6.45, 7) is 5.69. The highest BCUT2D eigenvalue weighted by Crippen LogP contribution is 2.18. The molecule has 1 aliphatic rings. The van der Waals surface area contributed by atoms with Crippen molar-refractivity contribution in [2.24, 2.45) is 7.05 Å². The van der Waals surface area contributed by atoms with E-state index < -0.39 is 23.3 Å². The Morgan fingerprint density at radius 2 is 1.60 bits per heavy atom. The van der Waals surface area contributed by atoms with Crippen molar-refractivity contribution in [3.63, 3.8) is 0 Å². The van der Waals surface area contributed by atoms with Gasteiger partial charge in [0.05, 0.1) is 12.2 Å². The largest absolute Gasteiger partial charge is 0.483 e. The van der Waals surface area contributed by atoms with Crippen molar-refractivity contribution in [1.29, 1.82) is 0 Å². The number of imide groups is 1. The molecule has 12 nitrogen and oxygen atoms in total. The number of amides is 5. The lowest BCUT2D eigenvalue weighted by Crippen LogP contribution is -2.49. The predicted molar refractivity (Wildman–Crippen MR) is 159 cm³/mol. The molecule has 0 fully saturated rings. The Kier molecular flexibility index (Phi) is 11.4. The number of rotatable bonds is 15. The summed E-state index contributed by atoms with van der Waals surface area (Å²) >= 11 is 0. The average Bonchev–Trinajstić information content (AvgIpc) is 3.29. The molecule has 1 aliphatic heterocycles. The van der Waals surface area contributed by atoms with Crippen LogP contribution in [0.15, 0.2) is 53.3 Å². The fourth-order valence-corrected chi connectivity index (χ4v) is 4.47. The van der Waals surface area contributed by atoms with Crippen LogP contribution in [0.25, 0.3) is 0 Å². The predicted octanol–water partition coefficient (Wildman–Crippen LogP) is 1.39. The van der Waals surface area contributed by atoms with E-state index in [4.69, 9.17) is 4.74 Å². The molecule has 2 aromatic rings. The number of carbonyl (C=O) groups excluding carboxylic acids is 5. The second-order valence-corrected chi connectivity index (χ2v) is 10.7. The molecular weight excluding hydrogens is 554 g/mol. The maximum atomic E-state index is 13.0. The van der Waals surface area contributed by atoms with Crippen molar-refractivity contribution >= 4 is 29.5 Å². The summed E-state index contributed by atoms with van der Waals surface area (Å²) in [5.41, 5.74) is 1.03. The van der Waals surface area contributed by atoms with Crippen LogP contribution in [0, 0.1) is 6.92 Å². The number of benzene rings is 1. The summed E-state index contributed by atoms with van der Waals surface area (Å²) in [6.07, 6.45) is 2.68. The van der Waals surface area contributed by atoms with E-state index in [0.29, 0.717) is 17.8 Å². The molecule has 2 heterocycles. The summed E-state index contributed by atoms with van der Waals surface area (Å²) < 4.78 is 7.70. The standard InChI is InChI=1S/C31H39N5O7/c1-5-31(3,34-26(39)13-15-32-25(38)14-16-36-28(41)11-12-29(36)42)18-27(40)33-19-23-30(24(37)17-21(2)35(23)4)43-20-22-9-7-6-8-10-22/h6-12,17H,5,13-16,18-20H2,1-4H3,(H,32,38)(H,33,40)(H,34,39). The van der Waals surface area contributed by atoms with E-state index in [9.17, 15) is 28.8 Å². The Balaban J connectivity index is 1.49. The highest BCUT2D eigenvalue weighted by Gasteiger charge is 2.28. The molecule has 230 valence electrons. The first kappa shape index (κ1) is 32.8. The minimum Gasteiger partial charge on any atom is -0.483 e. The van der Waals surface area contributed by atoms with Crippen LogP contribution < -0.4 is 26.1 Å². The second kappa shape index (κ2) is 14.9. The van der Waals surface area contributed by atoms with E-state index in [-0.39, 0.29) is 68.5 Å². The lowest BCUT2D eigenvalue weighted by molar-refractivity contribution is -0.137. The van der Waals surface area contributed by atoms with Crippen molar-refractivity contribution in [3.05, 3.63) is 75.7 Å². The number of hydrogen-bond acceptors (Lipinski definition) is 7. The molecule has 3 rings (SSSR count). The van der Waals surface area contributed by atoms with E-state index in [1.807, 2.05) is 37.3 Å². The van der Waals surface area contributed by atoms with E-state index in [0.717, 1.165) is 22.6 Å². The van der Waals surface area contributed by atoms with Gasteiger partial charge < -0.3 is 25.3 Å². The molecule has 0 saturated carbocycles. The van der Waals surface area contributed by atoms with Gasteiger partial charge in [0.15, 0.2) is 5.75 Å². The number of ether oxygens (including phenoxy) is 1. The Hall–Kier alpha value is -4.74. The third-order valence-electron chi connectivity index (χ3n) is 7.35. The van der Waals surface area contributed by atoms with Crippen LogP contribution in [0.3, 0.4) is 0 Å². The van der Waals surface area contributed by atoms with Gasteiger partial charge in [-0.15, -0.1) is 0 Å². The van der Waals surface area contributed by atoms with Gasteiger partial charge >= 0.3 is 0 Å². The SMILES string of the molecule is CCC(C)(CC(=O)NCc1c(OCc2ccccc2)c(=O)cc(C)n1C)NC(=O)CCNC(=O)CCN1C(=O)C=CC1=O. The smallest absolute Gasteiger partial charge is 0.253 e. The number of pyridine rings is 1. The third kappa shape index (κ3) is 9.38. The molecule has 1 atom stereocenters. The minimum atomic E-state index is -0.847. The van der Waals surface area contributed by atoms with Gasteiger partial charge in [-0.3, -0.25) is 33.7 Å². The maximum absolute atomic E-state index is 13.0. The lowest BCUT2D eigenvalue weighted by Gasteiger charge is -2.29. The number of aryl methyl sites for hydroxylation is 1. The first-order valence-electron chi connectivity index (χ1n) is 14.2. The molecular formula is C31H39N5O7. The normalized spacial score (nSPS) is 13.9. The van der Waals surface area contributed by atoms with Crippen LogP contribution in [-0.4, -0.2) is 57.6 Å². The third-order valence-corrected chi connectivity index (χ3v) is 7.35. The van der Waals surface area contributed by atoms with Crippen molar-refractivity contribution < 1.29 is 28.7 Å². The highest BCUT2D eigenvalue weighted by molar-refractivity contribution is 6.13. The van der Waals surface area contributed by atoms with Crippen LogP contribution in [0.4, 0.5) is 0 Å². The first-order valence-corrected chi connectivity index (χ1v) is 14.2. The Morgan fingerprint density at radius 1 is 0.930 bits per heavy atom. The van der Waals surface area contributed by atoms with Crippen molar-refractivity contribution in [3.8, 4) is 5.75 Å². The summed E-state index contributed by atoms with van der Waals surface area (Å²) in [5, 5.41) is 8.33. The van der Waals surface area contributed by atoms with Gasteiger partial charge in [-0.1, -0.05) is 37.3 Å². The molecule has 0 bridgehead atoms. The molecule has 3 N–H and O–H groups in total. The first-order chi connectivity index (χ1) is 20.4. The molecule has 1 aromatic heterocycles. The Labute approximate surface area is 250 Å². The van der Waals surface area contributed by atoms with Crippen LogP contribution in [0.5, 0.6) is 5.75 Å². The van der Waals surface area contributed by atoms with Gasteiger partial charge in [0.2, 0.25) is 23.2 Å². The molecule has 5 amide bonds. The topological polar surface area (TPSA) is 156 Å². The van der Waals surface area contributed by atoms with Gasteiger partial charge in [0.1, 0.15) is 6.61 Å². The second-order valence-electron chi connectivity index (χ2n) is 10.7.